The molecule has 11 heteroatoms. The Bertz CT molecular complexity index is 1740. The highest BCUT2D eigenvalue weighted by atomic mass is 16.5. The number of hydrogen-bond acceptors (Lipinski definition) is 8. The Hall–Kier alpha value is -4.74. The number of benzene rings is 2. The molecule has 1 saturated heterocycles. The molecule has 5 aromatic rings. The molecule has 0 radical (unpaired) electrons. The van der Waals surface area contributed by atoms with Gasteiger partial charge in [0, 0.05) is 47.9 Å². The van der Waals surface area contributed by atoms with E-state index in [2.05, 4.69) is 56.2 Å². The third-order valence-electron chi connectivity index (χ3n) is 7.39. The van der Waals surface area contributed by atoms with Crippen molar-refractivity contribution < 1.29 is 9.53 Å². The van der Waals surface area contributed by atoms with Gasteiger partial charge in [-0.3, -0.25) is 10.2 Å². The molecule has 0 unspecified atom stereocenters. The van der Waals surface area contributed by atoms with Gasteiger partial charge in [-0.2, -0.15) is 5.10 Å². The number of hydrogen-bond donors (Lipinski definition) is 2. The summed E-state index contributed by atoms with van der Waals surface area (Å²) in [6.45, 7) is 12.0. The first kappa shape index (κ1) is 28.4. The largest absolute Gasteiger partial charge is 0.379 e. The number of morpholine rings is 1. The number of amides is 2. The number of carbonyl (C=O) groups excluding carboxylic acids is 1. The van der Waals surface area contributed by atoms with Gasteiger partial charge in [-0.05, 0) is 23.9 Å². The van der Waals surface area contributed by atoms with Crippen LogP contribution < -0.4 is 10.6 Å². The molecule has 4 heterocycles. The molecule has 1 fully saturated rings. The molecule has 0 spiro atoms. The topological polar surface area (TPSA) is 123 Å². The predicted octanol–water partition coefficient (Wildman–Crippen LogP) is 5.35. The summed E-state index contributed by atoms with van der Waals surface area (Å²) in [7, 11) is 0. The smallest absolute Gasteiger partial charge is 0.324 e. The minimum Gasteiger partial charge on any atom is -0.379 e. The van der Waals surface area contributed by atoms with Gasteiger partial charge in [-0.1, -0.05) is 51.1 Å². The average Bonchev–Trinajstić information content (AvgIpc) is 3.43. The van der Waals surface area contributed by atoms with Gasteiger partial charge in [0.2, 0.25) is 0 Å². The van der Waals surface area contributed by atoms with Crippen LogP contribution in [0.1, 0.15) is 38.1 Å². The van der Waals surface area contributed by atoms with Crippen molar-refractivity contribution in [2.75, 3.05) is 36.9 Å². The monoisotopic (exact) mass is 577 g/mol. The number of rotatable bonds is 6. The maximum atomic E-state index is 13.4. The number of nitrogens with zero attached hydrogens (tertiary/aromatic N) is 7. The Labute approximate surface area is 250 Å². The first-order valence-electron chi connectivity index (χ1n) is 14.4. The zero-order valence-electron chi connectivity index (χ0n) is 24.8. The van der Waals surface area contributed by atoms with E-state index in [0.717, 1.165) is 59.7 Å². The van der Waals surface area contributed by atoms with E-state index in [-0.39, 0.29) is 11.4 Å². The Morgan fingerprint density at radius 3 is 2.30 bits per heavy atom. The number of urea groups is 1. The third-order valence-corrected chi connectivity index (χ3v) is 7.39. The SMILES string of the molecule is Cc1ncc(-n2nc(C(C)(C)C)cc2NC(=O)Nc2ccc(-c3cnc(CN4CCOCC4)nc3)c3ccccc23)cn1. The fraction of sp³-hybridized carbons (Fsp3) is 0.312. The summed E-state index contributed by atoms with van der Waals surface area (Å²) in [6, 6.07) is 13.4. The molecule has 43 heavy (non-hydrogen) atoms. The van der Waals surface area contributed by atoms with Gasteiger partial charge in [0.1, 0.15) is 23.2 Å². The molecular formula is C32H35N9O2. The van der Waals surface area contributed by atoms with Crippen molar-refractivity contribution >= 4 is 28.3 Å². The molecule has 1 aliphatic rings. The Kier molecular flexibility index (Phi) is 7.83. The first-order valence-corrected chi connectivity index (χ1v) is 14.4. The lowest BCUT2D eigenvalue weighted by Gasteiger charge is -2.25. The molecule has 2 amide bonds. The second-order valence-electron chi connectivity index (χ2n) is 11.6. The lowest BCUT2D eigenvalue weighted by atomic mass is 9.92. The summed E-state index contributed by atoms with van der Waals surface area (Å²) in [5, 5.41) is 12.7. The van der Waals surface area contributed by atoms with Gasteiger partial charge >= 0.3 is 6.03 Å². The molecule has 11 nitrogen and oxygen atoms in total. The predicted molar refractivity (Wildman–Crippen MR) is 166 cm³/mol. The van der Waals surface area contributed by atoms with Crippen molar-refractivity contribution in [2.24, 2.45) is 0 Å². The molecule has 1 aliphatic heterocycles. The normalized spacial score (nSPS) is 14.1. The lowest BCUT2D eigenvalue weighted by Crippen LogP contribution is -2.36. The van der Waals surface area contributed by atoms with Crippen LogP contribution in [0.4, 0.5) is 16.3 Å². The van der Waals surface area contributed by atoms with Crippen LogP contribution in [0.3, 0.4) is 0 Å². The van der Waals surface area contributed by atoms with Crippen molar-refractivity contribution in [1.29, 1.82) is 0 Å². The van der Waals surface area contributed by atoms with E-state index in [1.54, 1.807) is 17.1 Å². The molecule has 0 saturated carbocycles. The van der Waals surface area contributed by atoms with E-state index in [0.29, 0.717) is 29.6 Å². The number of ether oxygens (including phenoxy) is 1. The Morgan fingerprint density at radius 2 is 1.60 bits per heavy atom. The first-order chi connectivity index (χ1) is 20.7. The van der Waals surface area contributed by atoms with Crippen molar-refractivity contribution in [3.8, 4) is 16.8 Å². The Morgan fingerprint density at radius 1 is 0.907 bits per heavy atom. The minimum absolute atomic E-state index is 0.222. The number of anilines is 2. The van der Waals surface area contributed by atoms with Gasteiger partial charge < -0.3 is 10.1 Å². The molecule has 6 rings (SSSR count). The molecule has 0 aliphatic carbocycles. The summed E-state index contributed by atoms with van der Waals surface area (Å²) >= 11 is 0. The Balaban J connectivity index is 1.24. The fourth-order valence-electron chi connectivity index (χ4n) is 4.99. The number of aryl methyl sites for hydroxylation is 1. The van der Waals surface area contributed by atoms with Crippen molar-refractivity contribution in [3.05, 3.63) is 84.6 Å². The molecule has 3 aromatic heterocycles. The number of fused-ring (bicyclic) bond motifs is 1. The van der Waals surface area contributed by atoms with Gasteiger partial charge in [0.15, 0.2) is 0 Å². The second kappa shape index (κ2) is 11.9. The molecule has 220 valence electrons. The molecular weight excluding hydrogens is 542 g/mol. The standard InChI is InChI=1S/C32H35N9O2/c1-21-33-18-23(19-34-21)41-30(15-28(39-41)32(2,3)4)38-31(42)37-27-10-9-24(25-7-5-6-8-26(25)27)22-16-35-29(36-17-22)20-40-11-13-43-14-12-40/h5-10,15-19H,11-14,20H2,1-4H3,(H2,37,38,42). The van der Waals surface area contributed by atoms with E-state index in [9.17, 15) is 4.79 Å². The number of aromatic nitrogens is 6. The zero-order valence-corrected chi connectivity index (χ0v) is 24.8. The molecule has 0 atom stereocenters. The summed E-state index contributed by atoms with van der Waals surface area (Å²) in [5.41, 5.74) is 3.85. The maximum Gasteiger partial charge on any atom is 0.324 e. The molecule has 2 aromatic carbocycles. The molecule has 0 bridgehead atoms. The van der Waals surface area contributed by atoms with Gasteiger partial charge in [0.05, 0.1) is 43.5 Å². The van der Waals surface area contributed by atoms with Crippen molar-refractivity contribution in [1.82, 2.24) is 34.6 Å². The van der Waals surface area contributed by atoms with E-state index < -0.39 is 0 Å². The summed E-state index contributed by atoms with van der Waals surface area (Å²) in [6.07, 6.45) is 7.12. The highest BCUT2D eigenvalue weighted by Crippen LogP contribution is 2.33. The quantitative estimate of drug-likeness (QED) is 0.277. The summed E-state index contributed by atoms with van der Waals surface area (Å²) in [4.78, 5) is 33.5. The minimum atomic E-state index is -0.386. The highest BCUT2D eigenvalue weighted by Gasteiger charge is 2.22. The van der Waals surface area contributed by atoms with Crippen LogP contribution in [-0.2, 0) is 16.7 Å². The van der Waals surface area contributed by atoms with E-state index >= 15 is 0 Å². The van der Waals surface area contributed by atoms with Gasteiger partial charge in [-0.15, -0.1) is 0 Å². The third kappa shape index (κ3) is 6.37. The van der Waals surface area contributed by atoms with Crippen LogP contribution in [-0.4, -0.2) is 67.0 Å². The van der Waals surface area contributed by atoms with Gasteiger partial charge in [-0.25, -0.2) is 29.4 Å². The average molecular weight is 578 g/mol. The van der Waals surface area contributed by atoms with Crippen molar-refractivity contribution in [2.45, 2.75) is 39.7 Å². The summed E-state index contributed by atoms with van der Waals surface area (Å²) < 4.78 is 7.09. The van der Waals surface area contributed by atoms with E-state index in [1.807, 2.05) is 61.8 Å². The zero-order chi connectivity index (χ0) is 30.0. The fourth-order valence-corrected chi connectivity index (χ4v) is 4.99. The highest BCUT2D eigenvalue weighted by molar-refractivity contribution is 6.09. The second-order valence-corrected chi connectivity index (χ2v) is 11.6. The van der Waals surface area contributed by atoms with Crippen molar-refractivity contribution in [3.63, 3.8) is 0 Å². The van der Waals surface area contributed by atoms with E-state index in [4.69, 9.17) is 9.84 Å². The van der Waals surface area contributed by atoms with Crippen LogP contribution in [0.5, 0.6) is 0 Å². The maximum absolute atomic E-state index is 13.4. The summed E-state index contributed by atoms with van der Waals surface area (Å²) in [5.74, 6) is 1.96. The van der Waals surface area contributed by atoms with Crippen LogP contribution in [0.25, 0.3) is 27.6 Å². The van der Waals surface area contributed by atoms with Gasteiger partial charge in [0.25, 0.3) is 0 Å². The molecule has 2 N–H and O–H groups in total. The van der Waals surface area contributed by atoms with Crippen LogP contribution in [0.2, 0.25) is 0 Å². The lowest BCUT2D eigenvalue weighted by molar-refractivity contribution is 0.0330. The van der Waals surface area contributed by atoms with E-state index in [1.165, 1.54) is 0 Å². The number of nitrogens with one attached hydrogen (secondary N) is 2. The van der Waals surface area contributed by atoms with Crippen LogP contribution >= 0.6 is 0 Å². The van der Waals surface area contributed by atoms with Crippen LogP contribution in [0.15, 0.2) is 67.3 Å². The van der Waals surface area contributed by atoms with Crippen LogP contribution in [0, 0.1) is 6.92 Å². The number of carbonyl (C=O) groups is 1.